The highest BCUT2D eigenvalue weighted by atomic mass is 35.5. The maximum Gasteiger partial charge on any atom is 0.367 e. The lowest BCUT2D eigenvalue weighted by Crippen LogP contribution is -2.31. The third-order valence-corrected chi connectivity index (χ3v) is 1.52. The number of hydrogen-bond acceptors (Lipinski definition) is 3. The van der Waals surface area contributed by atoms with Gasteiger partial charge in [-0.25, -0.2) is 0 Å². The molecule has 0 unspecified atom stereocenters. The van der Waals surface area contributed by atoms with Crippen molar-refractivity contribution in [3.8, 4) is 0 Å². The summed E-state index contributed by atoms with van der Waals surface area (Å²) in [5.74, 6) is -1.26. The van der Waals surface area contributed by atoms with Crippen molar-refractivity contribution in [2.24, 2.45) is 0 Å². The fraction of sp³-hybridized carbons (Fsp3) is 0. The summed E-state index contributed by atoms with van der Waals surface area (Å²) in [5.41, 5.74) is -0.773. The Morgan fingerprint density at radius 3 is 2.83 bits per heavy atom. The Morgan fingerprint density at radius 2 is 2.33 bits per heavy atom. The first kappa shape index (κ1) is 8.66. The summed E-state index contributed by atoms with van der Waals surface area (Å²) in [6.07, 6.45) is 0.879. The number of aromatic nitrogens is 1. The third kappa shape index (κ3) is 1.28. The molecule has 0 aliphatic rings. The van der Waals surface area contributed by atoms with Crippen LogP contribution in [0.15, 0.2) is 12.3 Å². The van der Waals surface area contributed by atoms with E-state index in [0.29, 0.717) is 0 Å². The van der Waals surface area contributed by atoms with E-state index in [-0.39, 0.29) is 4.73 Å². The summed E-state index contributed by atoms with van der Waals surface area (Å²) in [5, 5.41) is 18.1. The summed E-state index contributed by atoms with van der Waals surface area (Å²) >= 11 is 5.16. The lowest BCUT2D eigenvalue weighted by Gasteiger charge is -1.91. The van der Waals surface area contributed by atoms with E-state index in [1.807, 2.05) is 0 Å². The van der Waals surface area contributed by atoms with Gasteiger partial charge >= 0.3 is 10.8 Å². The molecule has 0 saturated heterocycles. The van der Waals surface area contributed by atoms with Crippen LogP contribution in [0.3, 0.4) is 0 Å². The molecule has 0 radical (unpaired) electrons. The highest BCUT2D eigenvalue weighted by Crippen LogP contribution is 2.19. The molecule has 0 spiro atoms. The SMILES string of the molecule is O=[N+]([O-])c1cc[n+](O)c(Cl)c1F. The smallest absolute Gasteiger partial charge is 0.283 e. The van der Waals surface area contributed by atoms with Gasteiger partial charge in [-0.1, -0.05) is 0 Å². The van der Waals surface area contributed by atoms with Crippen molar-refractivity contribution in [2.45, 2.75) is 0 Å². The van der Waals surface area contributed by atoms with Gasteiger partial charge in [0.2, 0.25) is 6.20 Å². The third-order valence-electron chi connectivity index (χ3n) is 1.18. The van der Waals surface area contributed by atoms with E-state index < -0.39 is 21.6 Å². The number of nitrogens with zero attached hydrogens (tertiary/aromatic N) is 2. The topological polar surface area (TPSA) is 67.2 Å². The molecule has 0 atom stereocenters. The average Bonchev–Trinajstić information content (AvgIpc) is 2.00. The predicted octanol–water partition coefficient (Wildman–Crippen LogP) is 0.912. The van der Waals surface area contributed by atoms with Gasteiger partial charge in [0.25, 0.3) is 5.82 Å². The number of rotatable bonds is 1. The molecule has 0 aliphatic heterocycles. The molecule has 0 saturated carbocycles. The first-order valence-electron chi connectivity index (χ1n) is 2.77. The monoisotopic (exact) mass is 193 g/mol. The Morgan fingerprint density at radius 1 is 1.75 bits per heavy atom. The molecule has 0 aliphatic carbocycles. The molecule has 7 heteroatoms. The van der Waals surface area contributed by atoms with Crippen molar-refractivity contribution in [3.63, 3.8) is 0 Å². The minimum atomic E-state index is -1.26. The van der Waals surface area contributed by atoms with Crippen molar-refractivity contribution in [1.29, 1.82) is 0 Å². The number of pyridine rings is 1. The molecular weight excluding hydrogens is 191 g/mol. The molecule has 1 aromatic rings. The zero-order chi connectivity index (χ0) is 9.30. The summed E-state index contributed by atoms with van der Waals surface area (Å²) in [6, 6.07) is 0.807. The highest BCUT2D eigenvalue weighted by molar-refractivity contribution is 6.28. The molecule has 64 valence electrons. The molecule has 12 heavy (non-hydrogen) atoms. The van der Waals surface area contributed by atoms with E-state index in [1.165, 1.54) is 0 Å². The second-order valence-corrected chi connectivity index (χ2v) is 2.27. The van der Waals surface area contributed by atoms with E-state index in [1.54, 1.807) is 0 Å². The van der Waals surface area contributed by atoms with Gasteiger partial charge in [0.05, 0.1) is 11.0 Å². The summed E-state index contributed by atoms with van der Waals surface area (Å²) in [7, 11) is 0. The van der Waals surface area contributed by atoms with E-state index in [9.17, 15) is 14.5 Å². The number of nitro groups is 1. The van der Waals surface area contributed by atoms with Crippen LogP contribution in [-0.2, 0) is 0 Å². The normalized spacial score (nSPS) is 9.83. The van der Waals surface area contributed by atoms with Crippen LogP contribution >= 0.6 is 11.6 Å². The van der Waals surface area contributed by atoms with Crippen LogP contribution in [0.5, 0.6) is 0 Å². The van der Waals surface area contributed by atoms with Crippen LogP contribution in [0.1, 0.15) is 0 Å². The van der Waals surface area contributed by atoms with Crippen LogP contribution in [-0.4, -0.2) is 10.1 Å². The van der Waals surface area contributed by atoms with Crippen molar-refractivity contribution >= 4 is 17.3 Å². The Bertz CT molecular complexity index is 344. The van der Waals surface area contributed by atoms with Crippen LogP contribution < -0.4 is 4.73 Å². The standard InChI is InChI=1S/C5H3ClFN2O3/c6-5-4(7)3(9(11)12)1-2-8(5)10/h1-2,10H/q+1. The van der Waals surface area contributed by atoms with Gasteiger partial charge in [-0.05, 0) is 11.6 Å². The maximum absolute atomic E-state index is 12.8. The van der Waals surface area contributed by atoms with Gasteiger partial charge in [-0.2, -0.15) is 4.39 Å². The van der Waals surface area contributed by atoms with Crippen molar-refractivity contribution < 1.29 is 19.3 Å². The van der Waals surface area contributed by atoms with Gasteiger partial charge in [0.1, 0.15) is 0 Å². The zero-order valence-electron chi connectivity index (χ0n) is 5.57. The van der Waals surface area contributed by atoms with E-state index in [2.05, 4.69) is 0 Å². The van der Waals surface area contributed by atoms with Gasteiger partial charge in [-0.15, -0.1) is 0 Å². The van der Waals surface area contributed by atoms with Crippen LogP contribution in [0.2, 0.25) is 5.15 Å². The van der Waals surface area contributed by atoms with Crippen LogP contribution in [0.4, 0.5) is 10.1 Å². The largest absolute Gasteiger partial charge is 0.367 e. The van der Waals surface area contributed by atoms with Gasteiger partial charge in [-0.3, -0.25) is 15.3 Å². The summed E-state index contributed by atoms with van der Waals surface area (Å²) in [6.45, 7) is 0. The molecule has 1 aromatic heterocycles. The quantitative estimate of drug-likeness (QED) is 0.237. The minimum Gasteiger partial charge on any atom is -0.283 e. The van der Waals surface area contributed by atoms with Crippen molar-refractivity contribution in [2.75, 3.05) is 0 Å². The van der Waals surface area contributed by atoms with Crippen LogP contribution in [0, 0.1) is 15.9 Å². The lowest BCUT2D eigenvalue weighted by molar-refractivity contribution is -0.904. The Hall–Kier alpha value is -1.43. The fourth-order valence-electron chi connectivity index (χ4n) is 0.627. The summed E-state index contributed by atoms with van der Waals surface area (Å²) < 4.78 is 13.0. The molecule has 0 fully saturated rings. The van der Waals surface area contributed by atoms with Crippen LogP contribution in [0.25, 0.3) is 0 Å². The first-order valence-corrected chi connectivity index (χ1v) is 3.15. The van der Waals surface area contributed by atoms with E-state index >= 15 is 0 Å². The Balaban J connectivity index is 3.36. The molecule has 0 aromatic carbocycles. The first-order chi connectivity index (χ1) is 5.54. The second-order valence-electron chi connectivity index (χ2n) is 1.91. The zero-order valence-corrected chi connectivity index (χ0v) is 6.32. The molecule has 1 N–H and O–H groups in total. The molecule has 5 nitrogen and oxygen atoms in total. The minimum absolute atomic E-state index is 0.254. The van der Waals surface area contributed by atoms with Gasteiger partial charge in [0.15, 0.2) is 0 Å². The average molecular weight is 194 g/mol. The van der Waals surface area contributed by atoms with E-state index in [0.717, 1.165) is 12.3 Å². The predicted molar refractivity (Wildman–Crippen MR) is 35.4 cm³/mol. The molecule has 1 heterocycles. The summed E-state index contributed by atoms with van der Waals surface area (Å²) in [4.78, 5) is 9.17. The van der Waals surface area contributed by atoms with Gasteiger partial charge in [0, 0.05) is 4.73 Å². The van der Waals surface area contributed by atoms with Crippen molar-refractivity contribution in [1.82, 2.24) is 0 Å². The molecular formula is C5H3ClFN2O3+. The molecule has 0 amide bonds. The second kappa shape index (κ2) is 2.90. The fourth-order valence-corrected chi connectivity index (χ4v) is 0.780. The molecule has 1 rings (SSSR count). The lowest BCUT2D eigenvalue weighted by atomic mass is 10.4. The number of halogens is 2. The number of hydrogen-bond donors (Lipinski definition) is 1. The molecule has 0 bridgehead atoms. The highest BCUT2D eigenvalue weighted by Gasteiger charge is 2.25. The van der Waals surface area contributed by atoms with Gasteiger partial charge < -0.3 is 0 Å². The van der Waals surface area contributed by atoms with Crippen molar-refractivity contribution in [3.05, 3.63) is 33.3 Å². The Labute approximate surface area is 70.7 Å². The Kier molecular flexibility index (Phi) is 2.09. The maximum atomic E-state index is 12.8. The van der Waals surface area contributed by atoms with E-state index in [4.69, 9.17) is 16.8 Å².